The number of aromatic amines is 1. The summed E-state index contributed by atoms with van der Waals surface area (Å²) < 4.78 is 29.8. The minimum atomic E-state index is -3.35. The van der Waals surface area contributed by atoms with E-state index in [9.17, 15) is 8.42 Å². The van der Waals surface area contributed by atoms with Crippen molar-refractivity contribution in [3.05, 3.63) is 41.6 Å². The molecule has 1 N–H and O–H groups in total. The molecule has 0 saturated carbocycles. The van der Waals surface area contributed by atoms with Gasteiger partial charge in [-0.2, -0.15) is 0 Å². The number of sulfone groups is 1. The van der Waals surface area contributed by atoms with Crippen molar-refractivity contribution in [3.63, 3.8) is 0 Å². The summed E-state index contributed by atoms with van der Waals surface area (Å²) in [6, 6.07) is 9.90. The maximum atomic E-state index is 12.6. The summed E-state index contributed by atoms with van der Waals surface area (Å²) in [4.78, 5) is 15.2. The number of pyridine rings is 2. The monoisotopic (exact) mass is 442 g/mol. The minimum Gasteiger partial charge on any atom is -0.377 e. The first-order valence-corrected chi connectivity index (χ1v) is 12.5. The maximum absolute atomic E-state index is 12.6. The third kappa shape index (κ3) is 4.06. The van der Waals surface area contributed by atoms with E-state index in [4.69, 9.17) is 14.7 Å². The first-order valence-electron chi connectivity index (χ1n) is 10.6. The van der Waals surface area contributed by atoms with Gasteiger partial charge in [0.2, 0.25) is 0 Å². The van der Waals surface area contributed by atoms with E-state index in [1.54, 1.807) is 13.8 Å². The second-order valence-electron chi connectivity index (χ2n) is 8.79. The van der Waals surface area contributed by atoms with Gasteiger partial charge in [0.1, 0.15) is 5.82 Å². The number of aryl methyl sites for hydroxylation is 1. The van der Waals surface area contributed by atoms with E-state index in [-0.39, 0.29) is 6.04 Å². The highest BCUT2D eigenvalue weighted by Gasteiger charge is 2.34. The second-order valence-corrected chi connectivity index (χ2v) is 11.4. The molecule has 31 heavy (non-hydrogen) atoms. The van der Waals surface area contributed by atoms with E-state index in [0.29, 0.717) is 24.5 Å². The van der Waals surface area contributed by atoms with Crippen molar-refractivity contribution in [2.45, 2.75) is 44.9 Å². The van der Waals surface area contributed by atoms with Gasteiger partial charge in [0.25, 0.3) is 0 Å². The van der Waals surface area contributed by atoms with Gasteiger partial charge in [0.05, 0.1) is 46.4 Å². The predicted octanol–water partition coefficient (Wildman–Crippen LogP) is 3.83. The molecule has 1 fully saturated rings. The first-order chi connectivity index (χ1) is 14.6. The van der Waals surface area contributed by atoms with Gasteiger partial charge < -0.3 is 14.6 Å². The lowest BCUT2D eigenvalue weighted by molar-refractivity contribution is 0.0925. The average molecular weight is 443 g/mol. The molecular weight excluding hydrogens is 412 g/mol. The van der Waals surface area contributed by atoms with Crippen LogP contribution in [-0.2, 0) is 19.3 Å². The number of H-pyrrole nitrogens is 1. The fraction of sp³-hybridized carbons (Fsp3) is 0.478. The first kappa shape index (κ1) is 21.8. The Kier molecular flexibility index (Phi) is 5.55. The molecule has 8 heteroatoms. The topological polar surface area (TPSA) is 88.2 Å². The summed E-state index contributed by atoms with van der Waals surface area (Å²) in [5.41, 5.74) is 4.98. The maximum Gasteiger partial charge on any atom is 0.156 e. The molecular formula is C23H30N4O3S. The standard InChI is InChI=1S/C23H30N4O3S/c1-6-17-14-30-10-9-27(17)22-13-16(23(3,4)31(5,28)29)12-21(26-22)19-8-7-18-20(25-19)11-15(2)24-18/h7-8,11-13,17,24H,6,9-10,14H2,1-5H3/t17-/m0/s1. The van der Waals surface area contributed by atoms with Crippen molar-refractivity contribution in [1.82, 2.24) is 15.0 Å². The normalized spacial score (nSPS) is 18.0. The molecule has 0 amide bonds. The zero-order valence-corrected chi connectivity index (χ0v) is 19.6. The lowest BCUT2D eigenvalue weighted by atomic mass is 10.0. The highest BCUT2D eigenvalue weighted by molar-refractivity contribution is 7.91. The van der Waals surface area contributed by atoms with Crippen LogP contribution in [0.5, 0.6) is 0 Å². The highest BCUT2D eigenvalue weighted by atomic mass is 32.2. The molecule has 0 bridgehead atoms. The van der Waals surface area contributed by atoms with Gasteiger partial charge in [-0.1, -0.05) is 6.92 Å². The molecule has 166 valence electrons. The van der Waals surface area contributed by atoms with Crippen LogP contribution in [0, 0.1) is 6.92 Å². The van der Waals surface area contributed by atoms with Crippen molar-refractivity contribution in [1.29, 1.82) is 0 Å². The van der Waals surface area contributed by atoms with Crippen molar-refractivity contribution >= 4 is 26.7 Å². The molecule has 0 aliphatic carbocycles. The molecule has 0 radical (unpaired) electrons. The number of rotatable bonds is 5. The molecule has 0 aromatic carbocycles. The summed E-state index contributed by atoms with van der Waals surface area (Å²) in [7, 11) is -3.35. The fourth-order valence-electron chi connectivity index (χ4n) is 3.94. The minimum absolute atomic E-state index is 0.202. The summed E-state index contributed by atoms with van der Waals surface area (Å²) in [5.74, 6) is 0.770. The number of fused-ring (bicyclic) bond motifs is 1. The molecule has 0 unspecified atom stereocenters. The molecule has 1 aliphatic rings. The summed E-state index contributed by atoms with van der Waals surface area (Å²) in [6.45, 7) is 9.59. The van der Waals surface area contributed by atoms with E-state index in [1.807, 2.05) is 37.3 Å². The smallest absolute Gasteiger partial charge is 0.156 e. The Labute approximate surface area is 183 Å². The van der Waals surface area contributed by atoms with E-state index >= 15 is 0 Å². The van der Waals surface area contributed by atoms with Gasteiger partial charge in [0.15, 0.2) is 9.84 Å². The van der Waals surface area contributed by atoms with Crippen LogP contribution in [0.2, 0.25) is 0 Å². The van der Waals surface area contributed by atoms with Crippen LogP contribution in [0.25, 0.3) is 22.4 Å². The Hall–Kier alpha value is -2.45. The van der Waals surface area contributed by atoms with Gasteiger partial charge >= 0.3 is 0 Å². The van der Waals surface area contributed by atoms with Gasteiger partial charge in [0, 0.05) is 18.5 Å². The van der Waals surface area contributed by atoms with Crippen LogP contribution in [0.3, 0.4) is 0 Å². The largest absolute Gasteiger partial charge is 0.377 e. The Morgan fingerprint density at radius 2 is 1.97 bits per heavy atom. The number of anilines is 1. The number of morpholine rings is 1. The Morgan fingerprint density at radius 1 is 1.19 bits per heavy atom. The number of ether oxygens (including phenoxy) is 1. The van der Waals surface area contributed by atoms with Crippen molar-refractivity contribution in [2.24, 2.45) is 0 Å². The van der Waals surface area contributed by atoms with Crippen LogP contribution >= 0.6 is 0 Å². The van der Waals surface area contributed by atoms with Crippen LogP contribution < -0.4 is 4.90 Å². The molecule has 1 saturated heterocycles. The fourth-order valence-corrected chi connectivity index (χ4v) is 4.48. The molecule has 1 atom stereocenters. The van der Waals surface area contributed by atoms with E-state index in [2.05, 4.69) is 16.8 Å². The van der Waals surface area contributed by atoms with Gasteiger partial charge in [-0.3, -0.25) is 0 Å². The summed E-state index contributed by atoms with van der Waals surface area (Å²) in [6.07, 6.45) is 2.20. The van der Waals surface area contributed by atoms with Gasteiger partial charge in [-0.25, -0.2) is 18.4 Å². The quantitative estimate of drug-likeness (QED) is 0.646. The Balaban J connectivity index is 1.90. The zero-order chi connectivity index (χ0) is 22.4. The van der Waals surface area contributed by atoms with E-state index < -0.39 is 14.6 Å². The number of hydrogen-bond acceptors (Lipinski definition) is 6. The molecule has 3 aromatic rings. The molecule has 3 aromatic heterocycles. The molecule has 1 aliphatic heterocycles. The Bertz CT molecular complexity index is 1220. The lowest BCUT2D eigenvalue weighted by Gasteiger charge is -2.37. The second kappa shape index (κ2) is 7.91. The van der Waals surface area contributed by atoms with Crippen LogP contribution in [-0.4, -0.2) is 55.4 Å². The van der Waals surface area contributed by atoms with Gasteiger partial charge in [-0.15, -0.1) is 0 Å². The predicted molar refractivity (Wildman–Crippen MR) is 124 cm³/mol. The summed E-state index contributed by atoms with van der Waals surface area (Å²) >= 11 is 0. The van der Waals surface area contributed by atoms with Crippen LogP contribution in [0.1, 0.15) is 38.4 Å². The average Bonchev–Trinajstić information content (AvgIpc) is 3.11. The van der Waals surface area contributed by atoms with Crippen LogP contribution in [0.15, 0.2) is 30.3 Å². The zero-order valence-electron chi connectivity index (χ0n) is 18.8. The van der Waals surface area contributed by atoms with Gasteiger partial charge in [-0.05, 0) is 63.1 Å². The highest BCUT2D eigenvalue weighted by Crippen LogP contribution is 2.35. The van der Waals surface area contributed by atoms with Crippen LogP contribution in [0.4, 0.5) is 5.82 Å². The third-order valence-electron chi connectivity index (χ3n) is 6.30. The Morgan fingerprint density at radius 3 is 2.68 bits per heavy atom. The SMILES string of the molecule is CC[C@H]1COCCN1c1cc(C(C)(C)S(C)(=O)=O)cc(-c2ccc3[nH]c(C)cc3n2)n1. The van der Waals surface area contributed by atoms with Crippen molar-refractivity contribution in [3.8, 4) is 11.4 Å². The molecule has 0 spiro atoms. The third-order valence-corrected chi connectivity index (χ3v) is 8.39. The lowest BCUT2D eigenvalue weighted by Crippen LogP contribution is -2.45. The van der Waals surface area contributed by atoms with Crippen molar-refractivity contribution in [2.75, 3.05) is 30.9 Å². The molecule has 4 heterocycles. The molecule has 4 rings (SSSR count). The summed E-state index contributed by atoms with van der Waals surface area (Å²) in [5, 5.41) is 0. The van der Waals surface area contributed by atoms with Crippen molar-refractivity contribution < 1.29 is 13.2 Å². The number of aromatic nitrogens is 3. The number of nitrogens with zero attached hydrogens (tertiary/aromatic N) is 3. The van der Waals surface area contributed by atoms with E-state index in [1.165, 1.54) is 6.26 Å². The van der Waals surface area contributed by atoms with E-state index in [0.717, 1.165) is 41.2 Å². The number of nitrogens with one attached hydrogen (secondary N) is 1. The molecule has 7 nitrogen and oxygen atoms in total. The number of hydrogen-bond donors (Lipinski definition) is 1.